The molecule has 1 unspecified atom stereocenters. The van der Waals surface area contributed by atoms with Gasteiger partial charge in [0.2, 0.25) is 0 Å². The molecule has 0 fully saturated rings. The zero-order valence-electron chi connectivity index (χ0n) is 34.7. The maximum Gasteiger partial charge on any atom is 0.160 e. The number of rotatable bonds is 7. The van der Waals surface area contributed by atoms with E-state index < -0.39 is 0 Å². The van der Waals surface area contributed by atoms with E-state index in [1.54, 1.807) is 0 Å². The highest BCUT2D eigenvalue weighted by Crippen LogP contribution is 2.56. The number of nitrogens with zero attached hydrogens (tertiary/aromatic N) is 2. The third-order valence-electron chi connectivity index (χ3n) is 13.0. The summed E-state index contributed by atoms with van der Waals surface area (Å²) in [4.78, 5) is 10.4. The zero-order chi connectivity index (χ0) is 41.9. The average molecular weight is 805 g/mol. The van der Waals surface area contributed by atoms with Crippen molar-refractivity contribution in [3.05, 3.63) is 241 Å². The fraction of sp³-hybridized carbons (Fsp3) is 0.0333. The monoisotopic (exact) mass is 804 g/mol. The Balaban J connectivity index is 0.964. The average Bonchev–Trinajstić information content (AvgIpc) is 3.87. The van der Waals surface area contributed by atoms with Crippen LogP contribution in [0.15, 0.2) is 229 Å². The Bertz CT molecular complexity index is 3520. The van der Waals surface area contributed by atoms with Crippen molar-refractivity contribution in [2.45, 2.75) is 12.3 Å². The minimum Gasteiger partial charge on any atom is -0.456 e. The molecule has 0 bridgehead atoms. The predicted molar refractivity (Wildman–Crippen MR) is 259 cm³/mol. The Morgan fingerprint density at radius 3 is 1.60 bits per heavy atom. The summed E-state index contributed by atoms with van der Waals surface area (Å²) in [5, 5.41) is 2.25. The summed E-state index contributed by atoms with van der Waals surface area (Å²) in [5.41, 5.74) is 19.7. The largest absolute Gasteiger partial charge is 0.456 e. The van der Waals surface area contributed by atoms with Gasteiger partial charge in [0, 0.05) is 32.9 Å². The molecule has 1 aliphatic carbocycles. The van der Waals surface area contributed by atoms with E-state index in [0.29, 0.717) is 5.82 Å². The maximum absolute atomic E-state index is 6.27. The van der Waals surface area contributed by atoms with Gasteiger partial charge in [-0.15, -0.1) is 0 Å². The molecular weight excluding hydrogens is 765 g/mol. The smallest absolute Gasteiger partial charge is 0.160 e. The Kier molecular flexibility index (Phi) is 8.62. The number of fused-ring (bicyclic) bond motifs is 6. The van der Waals surface area contributed by atoms with Crippen LogP contribution in [0.3, 0.4) is 0 Å². The van der Waals surface area contributed by atoms with Crippen molar-refractivity contribution in [1.29, 1.82) is 0 Å². The van der Waals surface area contributed by atoms with Gasteiger partial charge in [-0.25, -0.2) is 9.97 Å². The second-order valence-corrected chi connectivity index (χ2v) is 16.6. The van der Waals surface area contributed by atoms with Crippen molar-refractivity contribution in [1.82, 2.24) is 9.97 Å². The first-order valence-electron chi connectivity index (χ1n) is 21.6. The number of hydrogen-bond donors (Lipinski definition) is 0. The van der Waals surface area contributed by atoms with Crippen LogP contribution in [0.2, 0.25) is 0 Å². The van der Waals surface area contributed by atoms with Gasteiger partial charge in [0.1, 0.15) is 11.2 Å². The van der Waals surface area contributed by atoms with Gasteiger partial charge in [0.15, 0.2) is 5.82 Å². The quantitative estimate of drug-likeness (QED) is 0.161. The van der Waals surface area contributed by atoms with E-state index in [4.69, 9.17) is 14.4 Å². The van der Waals surface area contributed by atoms with Crippen LogP contribution in [0.4, 0.5) is 0 Å². The van der Waals surface area contributed by atoms with E-state index in [9.17, 15) is 0 Å². The van der Waals surface area contributed by atoms with Crippen LogP contribution in [0.1, 0.15) is 23.6 Å². The van der Waals surface area contributed by atoms with Gasteiger partial charge in [-0.2, -0.15) is 0 Å². The number of aromatic nitrogens is 2. The third kappa shape index (κ3) is 6.20. The molecule has 0 spiro atoms. The molecule has 0 radical (unpaired) electrons. The molecule has 2 aromatic heterocycles. The second-order valence-electron chi connectivity index (χ2n) is 16.6. The summed E-state index contributed by atoms with van der Waals surface area (Å²) < 4.78 is 6.27. The van der Waals surface area contributed by atoms with Crippen LogP contribution in [-0.4, -0.2) is 9.97 Å². The van der Waals surface area contributed by atoms with Crippen LogP contribution in [0.5, 0.6) is 0 Å². The lowest BCUT2D eigenvalue weighted by atomic mass is 9.73. The SMILES string of the molecule is CC1(c2ccccc2)c2cc(-c3cccc(-c4cc(-c5cccc(-c6ccc7c(c6)oc6ccccc67)c5)nc(-c5ccccc5)n4)c3)ccc2-c2c(-c3ccccc3)cccc21. The van der Waals surface area contributed by atoms with Crippen LogP contribution in [0.25, 0.3) is 100 Å². The molecule has 0 saturated carbocycles. The molecule has 1 atom stereocenters. The van der Waals surface area contributed by atoms with Gasteiger partial charge < -0.3 is 4.42 Å². The highest BCUT2D eigenvalue weighted by Gasteiger charge is 2.42. The van der Waals surface area contributed by atoms with Crippen LogP contribution >= 0.6 is 0 Å². The first kappa shape index (κ1) is 36.7. The highest BCUT2D eigenvalue weighted by molar-refractivity contribution is 6.06. The summed E-state index contributed by atoms with van der Waals surface area (Å²) in [6.07, 6.45) is 0. The summed E-state index contributed by atoms with van der Waals surface area (Å²) >= 11 is 0. The van der Waals surface area contributed by atoms with E-state index in [-0.39, 0.29) is 5.41 Å². The molecule has 0 amide bonds. The molecule has 9 aromatic carbocycles. The van der Waals surface area contributed by atoms with Gasteiger partial charge in [0.05, 0.1) is 11.4 Å². The first-order chi connectivity index (χ1) is 31.1. The lowest BCUT2D eigenvalue weighted by Gasteiger charge is -2.29. The first-order valence-corrected chi connectivity index (χ1v) is 21.6. The molecule has 3 nitrogen and oxygen atoms in total. The van der Waals surface area contributed by atoms with E-state index in [1.165, 1.54) is 44.5 Å². The molecule has 63 heavy (non-hydrogen) atoms. The summed E-state index contributed by atoms with van der Waals surface area (Å²) in [6, 6.07) is 80.1. The molecule has 0 N–H and O–H groups in total. The lowest BCUT2D eigenvalue weighted by molar-refractivity contribution is 0.669. The summed E-state index contributed by atoms with van der Waals surface area (Å²) in [7, 11) is 0. The van der Waals surface area contributed by atoms with Crippen LogP contribution < -0.4 is 0 Å². The molecule has 1 aliphatic rings. The van der Waals surface area contributed by atoms with Gasteiger partial charge >= 0.3 is 0 Å². The van der Waals surface area contributed by atoms with Crippen molar-refractivity contribution >= 4 is 21.9 Å². The number of furan rings is 1. The summed E-state index contributed by atoms with van der Waals surface area (Å²) in [5.74, 6) is 0.686. The third-order valence-corrected chi connectivity index (χ3v) is 13.0. The normalized spacial score (nSPS) is 14.2. The van der Waals surface area contributed by atoms with E-state index in [1.807, 2.05) is 30.3 Å². The van der Waals surface area contributed by atoms with E-state index >= 15 is 0 Å². The minimum atomic E-state index is -0.344. The molecule has 12 rings (SSSR count). The Labute approximate surface area is 366 Å². The fourth-order valence-electron chi connectivity index (χ4n) is 9.78. The van der Waals surface area contributed by atoms with Crippen molar-refractivity contribution in [2.75, 3.05) is 0 Å². The fourth-order valence-corrected chi connectivity index (χ4v) is 9.78. The summed E-state index contributed by atoms with van der Waals surface area (Å²) in [6.45, 7) is 2.39. The van der Waals surface area contributed by atoms with Gasteiger partial charge in [-0.1, -0.05) is 182 Å². The number of hydrogen-bond acceptors (Lipinski definition) is 3. The number of para-hydroxylation sites is 1. The molecule has 2 heterocycles. The van der Waals surface area contributed by atoms with Crippen molar-refractivity contribution in [2.24, 2.45) is 0 Å². The Morgan fingerprint density at radius 2 is 0.889 bits per heavy atom. The van der Waals surface area contributed by atoms with Crippen molar-refractivity contribution in [3.63, 3.8) is 0 Å². The molecule has 0 saturated heterocycles. The molecule has 0 aliphatic heterocycles. The minimum absolute atomic E-state index is 0.344. The number of benzene rings is 9. The van der Waals surface area contributed by atoms with Crippen molar-refractivity contribution in [3.8, 4) is 78.4 Å². The Morgan fingerprint density at radius 1 is 0.349 bits per heavy atom. The lowest BCUT2D eigenvalue weighted by Crippen LogP contribution is -2.22. The van der Waals surface area contributed by atoms with E-state index in [2.05, 4.69) is 201 Å². The van der Waals surface area contributed by atoms with Crippen LogP contribution in [0, 0.1) is 0 Å². The standard InChI is InChI=1S/C60H40N2O/c1-60(47-24-9-4-10-25-47)52-28-15-27-48(39-16-5-2-6-17-39)58(52)51-33-31-43(36-53(51)60)41-20-13-22-45(34-41)54-38-55(62-59(61-54)40-18-7-3-8-19-40)46-23-14-21-42(35-46)44-30-32-50-49-26-11-12-29-56(49)63-57(50)37-44/h2-38H,1H3. The van der Waals surface area contributed by atoms with Gasteiger partial charge in [0.25, 0.3) is 0 Å². The second kappa shape index (κ2) is 14.8. The van der Waals surface area contributed by atoms with Gasteiger partial charge in [-0.3, -0.25) is 0 Å². The molecular formula is C60H40N2O. The molecule has 3 heteroatoms. The Hall–Kier alpha value is -8.14. The molecule has 11 aromatic rings. The molecule has 296 valence electrons. The van der Waals surface area contributed by atoms with E-state index in [0.717, 1.165) is 66.7 Å². The topological polar surface area (TPSA) is 38.9 Å². The van der Waals surface area contributed by atoms with Crippen molar-refractivity contribution < 1.29 is 4.42 Å². The van der Waals surface area contributed by atoms with Crippen LogP contribution in [-0.2, 0) is 5.41 Å². The zero-order valence-corrected chi connectivity index (χ0v) is 34.7. The maximum atomic E-state index is 6.27. The predicted octanol–water partition coefficient (Wildman–Crippen LogP) is 15.7. The highest BCUT2D eigenvalue weighted by atomic mass is 16.3. The van der Waals surface area contributed by atoms with Gasteiger partial charge in [-0.05, 0) is 111 Å².